The van der Waals surface area contributed by atoms with Crippen molar-refractivity contribution in [3.63, 3.8) is 0 Å². The molecule has 0 unspecified atom stereocenters. The van der Waals surface area contributed by atoms with E-state index in [4.69, 9.17) is 21.3 Å². The summed E-state index contributed by atoms with van der Waals surface area (Å²) in [4.78, 5) is 66.0. The summed E-state index contributed by atoms with van der Waals surface area (Å²) in [6, 6.07) is 0. The number of hydrogen-bond donors (Lipinski definition) is 1. The number of ketones is 1. The number of carbonyl (C=O) groups is 3. The Morgan fingerprint density at radius 3 is 1.90 bits per heavy atom. The molecule has 14 heteroatoms. The third-order valence-electron chi connectivity index (χ3n) is 9.26. The Hall–Kier alpha value is -3.65. The van der Waals surface area contributed by atoms with Crippen molar-refractivity contribution in [1.29, 1.82) is 0 Å². The summed E-state index contributed by atoms with van der Waals surface area (Å²) in [6.45, 7) is 13.3. The van der Waals surface area contributed by atoms with Crippen molar-refractivity contribution in [2.75, 3.05) is 26.2 Å². The Bertz CT molecular complexity index is 1740. The number of ether oxygens (including phenoxy) is 1. The van der Waals surface area contributed by atoms with Crippen LogP contribution in [-0.2, 0) is 9.53 Å². The van der Waals surface area contributed by atoms with Crippen LogP contribution in [0.15, 0.2) is 49.6 Å². The van der Waals surface area contributed by atoms with Crippen LogP contribution in [0.5, 0.6) is 0 Å². The number of amides is 2. The van der Waals surface area contributed by atoms with Gasteiger partial charge < -0.3 is 19.5 Å². The molecule has 0 spiro atoms. The number of rotatable bonds is 13. The Morgan fingerprint density at radius 1 is 0.808 bits per heavy atom. The van der Waals surface area contributed by atoms with Gasteiger partial charge in [-0.15, -0.1) is 0 Å². The summed E-state index contributed by atoms with van der Waals surface area (Å²) < 4.78 is 11.2. The van der Waals surface area contributed by atoms with Crippen molar-refractivity contribution in [3.05, 3.63) is 60.2 Å². The molecular formula is C38H53ClN8O4Sn. The standard InChI is InChI=1S/C22H23ClN6O4.C4H3N2.3C4H9.Sn/c1-22(2,3)33-21(32)29-8-6-28(7-9-29)20(31)19(30)13-10-26-18-16(13)14(23)11-27-17(18)15-12-24-4-5-25-15;1-2-6-4-3-5-1;3*1-3-4-2;/h4-5,10-12,26H,6-9H2,1-3H3;1-3H;3*1,3-4H2,2H3;. The molecule has 5 heterocycles. The number of carbonyl (C=O) groups excluding carboxylic acids is 3. The first-order valence-electron chi connectivity index (χ1n) is 18.4. The van der Waals surface area contributed by atoms with E-state index in [1.807, 2.05) is 12.4 Å². The molecule has 1 aliphatic heterocycles. The van der Waals surface area contributed by atoms with Gasteiger partial charge in [0.05, 0.1) is 22.3 Å². The second-order valence-electron chi connectivity index (χ2n) is 14.3. The molecule has 0 atom stereocenters. The number of halogens is 1. The van der Waals surface area contributed by atoms with E-state index < -0.39 is 41.8 Å². The molecule has 2 amide bonds. The number of piperazine rings is 1. The van der Waals surface area contributed by atoms with Gasteiger partial charge in [0.2, 0.25) is 0 Å². The summed E-state index contributed by atoms with van der Waals surface area (Å²) >= 11 is 4.08. The van der Waals surface area contributed by atoms with E-state index in [9.17, 15) is 14.4 Å². The van der Waals surface area contributed by atoms with Crippen LogP contribution >= 0.6 is 11.6 Å². The number of H-pyrrole nitrogens is 1. The van der Waals surface area contributed by atoms with E-state index in [1.54, 1.807) is 33.2 Å². The first-order chi connectivity index (χ1) is 24.9. The quantitative estimate of drug-likeness (QED) is 0.0823. The van der Waals surface area contributed by atoms with Gasteiger partial charge in [-0.05, 0) is 20.8 Å². The van der Waals surface area contributed by atoms with Gasteiger partial charge in [-0.3, -0.25) is 24.5 Å². The Morgan fingerprint density at radius 2 is 1.38 bits per heavy atom. The second-order valence-corrected chi connectivity index (χ2v) is 27.7. The normalized spacial score (nSPS) is 13.4. The average Bonchev–Trinajstić information content (AvgIpc) is 3.61. The minimum atomic E-state index is -2.27. The maximum atomic E-state index is 13.1. The molecule has 4 aromatic heterocycles. The molecule has 0 radical (unpaired) electrons. The molecular weight excluding hydrogens is 787 g/mol. The van der Waals surface area contributed by atoms with E-state index in [0.717, 1.165) is 0 Å². The van der Waals surface area contributed by atoms with E-state index in [2.05, 4.69) is 51.9 Å². The number of nitrogens with one attached hydrogen (secondary N) is 1. The van der Waals surface area contributed by atoms with Gasteiger partial charge >= 0.3 is 129 Å². The van der Waals surface area contributed by atoms with Crippen molar-refractivity contribution < 1.29 is 19.1 Å². The van der Waals surface area contributed by atoms with Crippen molar-refractivity contribution in [3.8, 4) is 11.4 Å². The van der Waals surface area contributed by atoms with Crippen molar-refractivity contribution in [1.82, 2.24) is 39.7 Å². The molecule has 0 bridgehead atoms. The van der Waals surface area contributed by atoms with E-state index in [1.165, 1.54) is 83.9 Å². The van der Waals surface area contributed by atoms with E-state index in [-0.39, 0.29) is 36.8 Å². The van der Waals surface area contributed by atoms with Crippen LogP contribution in [0.1, 0.15) is 90.4 Å². The third-order valence-corrected chi connectivity index (χ3v) is 24.6. The fraction of sp³-hybridized carbons (Fsp3) is 0.526. The minimum absolute atomic E-state index is 0.155. The predicted molar refractivity (Wildman–Crippen MR) is 207 cm³/mol. The molecule has 1 aliphatic rings. The van der Waals surface area contributed by atoms with Gasteiger partial charge in [0, 0.05) is 56.4 Å². The van der Waals surface area contributed by atoms with E-state index >= 15 is 0 Å². The predicted octanol–water partition coefficient (Wildman–Crippen LogP) is 7.47. The second kappa shape index (κ2) is 19.4. The number of hydrogen-bond acceptors (Lipinski definition) is 9. The molecule has 1 fully saturated rings. The van der Waals surface area contributed by atoms with Crippen LogP contribution in [0, 0.1) is 0 Å². The molecule has 5 rings (SSSR count). The summed E-state index contributed by atoms with van der Waals surface area (Å²) in [7, 11) is 0. The number of Topliss-reactive ketones (excluding diaryl/α,β-unsaturated/α-hetero) is 1. The van der Waals surface area contributed by atoms with Crippen molar-refractivity contribution in [2.45, 2.75) is 99.0 Å². The van der Waals surface area contributed by atoms with Crippen LogP contribution in [0.4, 0.5) is 4.79 Å². The topological polar surface area (TPSA) is 147 Å². The molecule has 0 saturated carbocycles. The van der Waals surface area contributed by atoms with Gasteiger partial charge in [-0.25, -0.2) is 4.79 Å². The number of pyridine rings is 1. The Balaban J connectivity index is 0.000000272. The molecule has 0 aliphatic carbocycles. The summed E-state index contributed by atoms with van der Waals surface area (Å²) in [6.07, 6.45) is 21.0. The number of unbranched alkanes of at least 4 members (excludes halogenated alkanes) is 3. The van der Waals surface area contributed by atoms with Crippen LogP contribution in [0.3, 0.4) is 0 Å². The van der Waals surface area contributed by atoms with Crippen LogP contribution in [-0.4, -0.2) is 108 Å². The molecule has 12 nitrogen and oxygen atoms in total. The third kappa shape index (κ3) is 10.7. The maximum absolute atomic E-state index is 13.1. The summed E-state index contributed by atoms with van der Waals surface area (Å²) in [5.74, 6) is -1.35. The molecule has 52 heavy (non-hydrogen) atoms. The zero-order valence-electron chi connectivity index (χ0n) is 31.5. The van der Waals surface area contributed by atoms with Gasteiger partial charge in [0.25, 0.3) is 11.7 Å². The molecule has 1 N–H and O–H groups in total. The van der Waals surface area contributed by atoms with Gasteiger partial charge in [-0.1, -0.05) is 11.6 Å². The summed E-state index contributed by atoms with van der Waals surface area (Å²) in [5, 5.41) is 0.642. The van der Waals surface area contributed by atoms with E-state index in [0.29, 0.717) is 22.3 Å². The molecule has 1 saturated heterocycles. The van der Waals surface area contributed by atoms with Crippen LogP contribution in [0.25, 0.3) is 22.3 Å². The Kier molecular flexibility index (Phi) is 15.4. The first kappa shape index (κ1) is 41.1. The van der Waals surface area contributed by atoms with Gasteiger partial charge in [-0.2, -0.15) is 0 Å². The zero-order valence-corrected chi connectivity index (χ0v) is 35.1. The van der Waals surface area contributed by atoms with Gasteiger partial charge in [0.1, 0.15) is 17.0 Å². The number of aromatic amines is 1. The summed E-state index contributed by atoms with van der Waals surface area (Å²) in [5.41, 5.74) is 1.02. The SMILES string of the molecule is CC(C)(C)OC(=O)N1CCN(C(=O)C(=O)c2c[nH]c3c(-c4cnccn4)ncc(Cl)c23)CC1.CCC[CH2][Sn]([CH2]CCC)([CH2]CCC)[c]1cnccn1. The monoisotopic (exact) mass is 840 g/mol. The van der Waals surface area contributed by atoms with Gasteiger partial charge in [0.15, 0.2) is 0 Å². The average molecular weight is 840 g/mol. The number of nitrogens with zero attached hydrogens (tertiary/aromatic N) is 7. The molecule has 0 aromatic carbocycles. The zero-order chi connectivity index (χ0) is 37.7. The van der Waals surface area contributed by atoms with Crippen LogP contribution < -0.4 is 3.71 Å². The fourth-order valence-electron chi connectivity index (χ4n) is 6.46. The molecule has 4 aromatic rings. The Labute approximate surface area is 316 Å². The van der Waals surface area contributed by atoms with Crippen molar-refractivity contribution >= 4 is 62.4 Å². The molecule has 280 valence electrons. The van der Waals surface area contributed by atoms with Crippen LogP contribution in [0.2, 0.25) is 18.3 Å². The number of aromatic nitrogens is 6. The fourth-order valence-corrected chi connectivity index (χ4v) is 21.8. The number of fused-ring (bicyclic) bond motifs is 1. The first-order valence-corrected chi connectivity index (χ1v) is 26.3. The van der Waals surface area contributed by atoms with Crippen molar-refractivity contribution in [2.24, 2.45) is 0 Å².